The van der Waals surface area contributed by atoms with Gasteiger partial charge in [-0.15, -0.1) is 0 Å². The van der Waals surface area contributed by atoms with Gasteiger partial charge < -0.3 is 31.8 Å². The van der Waals surface area contributed by atoms with Gasteiger partial charge in [0, 0.05) is 37.6 Å². The molecule has 0 N–H and O–H groups in total. The molecular weight excluding hydrogens is 985 g/mol. The van der Waals surface area contributed by atoms with Crippen LogP contribution in [0, 0.1) is 0 Å². The molecule has 0 aliphatic carbocycles. The molecule has 0 atom stereocenters. The van der Waals surface area contributed by atoms with Crippen LogP contribution in [0.2, 0.25) is 0 Å². The first-order valence-corrected chi connectivity index (χ1v) is 11.6. The van der Waals surface area contributed by atoms with E-state index in [1.165, 1.54) is 4.90 Å². The molecular formula is C29H33BrN4O8Re2. The Hall–Kier alpha value is -2.65. The molecule has 2 aromatic heterocycles. The van der Waals surface area contributed by atoms with E-state index in [0.717, 1.165) is 56.7 Å². The number of hydrogen-bond donors (Lipinski definition) is 0. The SMILES string of the molecule is CC(C)(C)N(CCCCCCN(Cc1ccccn1)Cc1ccccn1)C(=O)[O-].[Br-].[C]=O.[C]=O.[C]=O.[C]=O.[C]=O.[C]=O.[Re+].[Re+]. The molecule has 0 saturated heterocycles. The second-order valence-electron chi connectivity index (χ2n) is 8.36. The molecule has 2 heterocycles. The molecule has 0 fully saturated rings. The van der Waals surface area contributed by atoms with Crippen molar-refractivity contribution >= 4 is 46.8 Å². The minimum absolute atomic E-state index is 0. The van der Waals surface area contributed by atoms with Crippen molar-refractivity contribution < 1.29 is 96.5 Å². The van der Waals surface area contributed by atoms with E-state index in [4.69, 9.17) is 28.8 Å². The summed E-state index contributed by atoms with van der Waals surface area (Å²) in [5.41, 5.74) is 1.69. The van der Waals surface area contributed by atoms with E-state index < -0.39 is 11.6 Å². The van der Waals surface area contributed by atoms with Gasteiger partial charge in [-0.05, 0) is 64.4 Å². The van der Waals surface area contributed by atoms with E-state index in [1.54, 1.807) is 0 Å². The Morgan fingerprint density at radius 3 is 1.27 bits per heavy atom. The monoisotopic (exact) mass is 1020 g/mol. The normalized spacial score (nSPS) is 8.18. The summed E-state index contributed by atoms with van der Waals surface area (Å²) in [5, 5.41) is 11.3. The smallest absolute Gasteiger partial charge is 1.00 e. The number of pyridine rings is 2. The molecule has 0 unspecified atom stereocenters. The molecule has 2 rings (SSSR count). The number of amides is 1. The molecule has 1 amide bonds. The minimum atomic E-state index is -1.09. The van der Waals surface area contributed by atoms with Crippen molar-refractivity contribution in [1.29, 1.82) is 0 Å². The Labute approximate surface area is 299 Å². The molecule has 0 bridgehead atoms. The van der Waals surface area contributed by atoms with Crippen molar-refractivity contribution in [1.82, 2.24) is 19.8 Å². The summed E-state index contributed by atoms with van der Waals surface area (Å²) in [6.45, 7) is 35.8. The molecule has 15 heteroatoms. The quantitative estimate of drug-likeness (QED) is 0.230. The van der Waals surface area contributed by atoms with E-state index in [9.17, 15) is 9.90 Å². The second kappa shape index (κ2) is 47.3. The average Bonchev–Trinajstić information content (AvgIpc) is 3.03. The summed E-state index contributed by atoms with van der Waals surface area (Å²) in [6, 6.07) is 12.0. The number of carboxylic acid groups (broad SMARTS) is 1. The van der Waals surface area contributed by atoms with Crippen LogP contribution in [-0.4, -0.2) is 85.2 Å². The molecule has 0 saturated carbocycles. The maximum atomic E-state index is 11.3. The Balaban J connectivity index is -0.000000129. The number of aromatic nitrogens is 2. The average molecular weight is 1020 g/mol. The predicted molar refractivity (Wildman–Crippen MR) is 147 cm³/mol. The number of hydrogen-bond acceptors (Lipinski definition) is 11. The van der Waals surface area contributed by atoms with Crippen LogP contribution in [0.1, 0.15) is 57.8 Å². The standard InChI is InChI=1S/C23H34N4O2.6CO.BrH.2Re/c1-23(2,3)27(22(28)29)17-11-5-4-10-16-26(18-20-12-6-8-14-24-20)19-21-13-7-9-15-25-21;6*1-2;;;/h6-9,12-15H,4-5,10-11,16-19H2,1-3H3,(H,28,29);;;;;;;1H;;/q;;;;;;;;2*+1/p-2. The Morgan fingerprint density at radius 1 is 0.659 bits per heavy atom. The Morgan fingerprint density at radius 2 is 1.00 bits per heavy atom. The van der Waals surface area contributed by atoms with Gasteiger partial charge in [-0.25, -0.2) is 0 Å². The van der Waals surface area contributed by atoms with Crippen molar-refractivity contribution in [2.24, 2.45) is 0 Å². The molecule has 12 radical (unpaired) electrons. The fourth-order valence-corrected chi connectivity index (χ4v) is 3.31. The van der Waals surface area contributed by atoms with E-state index in [-0.39, 0.29) is 57.8 Å². The van der Waals surface area contributed by atoms with E-state index in [1.807, 2.05) is 69.6 Å². The van der Waals surface area contributed by atoms with Gasteiger partial charge in [0.05, 0.1) is 11.4 Å². The van der Waals surface area contributed by atoms with E-state index in [2.05, 4.69) is 55.6 Å². The first kappa shape index (κ1) is 60.5. The molecule has 12 nitrogen and oxygen atoms in total. The van der Waals surface area contributed by atoms with Gasteiger partial charge in [0.25, 0.3) is 40.7 Å². The largest absolute Gasteiger partial charge is 1.00 e. The van der Waals surface area contributed by atoms with E-state index >= 15 is 0 Å². The predicted octanol–water partition coefficient (Wildman–Crippen LogP) is -1.90. The zero-order valence-electron chi connectivity index (χ0n) is 24.5. The maximum Gasteiger partial charge on any atom is 1.00 e. The first-order chi connectivity index (χ1) is 19.9. The molecule has 2 aromatic rings. The molecule has 238 valence electrons. The summed E-state index contributed by atoms with van der Waals surface area (Å²) in [7, 11) is 0. The van der Waals surface area contributed by atoms with Crippen molar-refractivity contribution in [3.8, 4) is 0 Å². The molecule has 44 heavy (non-hydrogen) atoms. The zero-order chi connectivity index (χ0) is 33.1. The van der Waals surface area contributed by atoms with Gasteiger partial charge in [0.15, 0.2) is 0 Å². The third-order valence-electron chi connectivity index (χ3n) is 4.86. The molecule has 0 aromatic carbocycles. The van der Waals surface area contributed by atoms with Gasteiger partial charge in [0.1, 0.15) is 6.09 Å². The summed E-state index contributed by atoms with van der Waals surface area (Å²) in [4.78, 5) is 69.0. The Kier molecular flexibility index (Phi) is 65.1. The van der Waals surface area contributed by atoms with Gasteiger partial charge in [-0.2, -0.15) is 0 Å². The first-order valence-electron chi connectivity index (χ1n) is 11.6. The summed E-state index contributed by atoms with van der Waals surface area (Å²) in [5.74, 6) is 0. The van der Waals surface area contributed by atoms with Crippen LogP contribution in [0.15, 0.2) is 48.8 Å². The number of rotatable bonds is 11. The third kappa shape index (κ3) is 35.6. The Bertz CT molecular complexity index is 788. The third-order valence-corrected chi connectivity index (χ3v) is 4.86. The van der Waals surface area contributed by atoms with Crippen molar-refractivity contribution in [3.63, 3.8) is 0 Å². The number of unbranched alkanes of at least 4 members (excludes halogenated alkanes) is 3. The molecule has 0 aliphatic rings. The van der Waals surface area contributed by atoms with Gasteiger partial charge >= 0.3 is 40.8 Å². The van der Waals surface area contributed by atoms with Crippen LogP contribution in [0.25, 0.3) is 0 Å². The van der Waals surface area contributed by atoms with Crippen LogP contribution < -0.4 is 22.1 Å². The minimum Gasteiger partial charge on any atom is -1.00 e. The summed E-state index contributed by atoms with van der Waals surface area (Å²) >= 11 is 0. The van der Waals surface area contributed by atoms with E-state index in [0.29, 0.717) is 6.54 Å². The maximum absolute atomic E-state index is 11.3. The molecule has 0 aliphatic heterocycles. The van der Waals surface area contributed by atoms with Crippen molar-refractivity contribution in [3.05, 3.63) is 60.2 Å². The fraction of sp³-hybridized carbons (Fsp3) is 0.414. The number of halogens is 1. The summed E-state index contributed by atoms with van der Waals surface area (Å²) < 4.78 is 0. The number of nitrogens with zero attached hydrogens (tertiary/aromatic N) is 4. The van der Waals surface area contributed by atoms with Crippen LogP contribution in [0.3, 0.4) is 0 Å². The van der Waals surface area contributed by atoms with Crippen LogP contribution >= 0.6 is 0 Å². The second-order valence-corrected chi connectivity index (χ2v) is 8.36. The number of carbonyl (C=O) groups excluding carboxylic acids is 7. The van der Waals surface area contributed by atoms with Gasteiger partial charge in [-0.1, -0.05) is 25.0 Å². The van der Waals surface area contributed by atoms with Crippen LogP contribution in [-0.2, 0) is 82.7 Å². The van der Waals surface area contributed by atoms with Crippen molar-refractivity contribution in [2.45, 2.75) is 65.1 Å². The van der Waals surface area contributed by atoms with Gasteiger partial charge in [-0.3, -0.25) is 43.6 Å². The van der Waals surface area contributed by atoms with Crippen molar-refractivity contribution in [2.75, 3.05) is 13.1 Å². The fourth-order valence-electron chi connectivity index (χ4n) is 3.31. The number of carbonyl (C=O) groups is 1. The summed E-state index contributed by atoms with van der Waals surface area (Å²) in [6.07, 6.45) is 6.53. The van der Waals surface area contributed by atoms with Crippen LogP contribution in [0.5, 0.6) is 0 Å². The van der Waals surface area contributed by atoms with Gasteiger partial charge in [0.2, 0.25) is 0 Å². The topological polar surface area (TPSA) is 175 Å². The van der Waals surface area contributed by atoms with Crippen LogP contribution in [0.4, 0.5) is 4.79 Å². The zero-order valence-corrected chi connectivity index (χ0v) is 31.5. The molecule has 0 spiro atoms.